The van der Waals surface area contributed by atoms with Gasteiger partial charge >= 0.3 is 0 Å². The predicted molar refractivity (Wildman–Crippen MR) is 140 cm³/mol. The number of amides is 3. The Bertz CT molecular complexity index is 1140. The fourth-order valence-electron chi connectivity index (χ4n) is 5.55. The van der Waals surface area contributed by atoms with E-state index in [4.69, 9.17) is 11.6 Å². The summed E-state index contributed by atoms with van der Waals surface area (Å²) in [5.41, 5.74) is 0.665. The third-order valence-electron chi connectivity index (χ3n) is 7.40. The van der Waals surface area contributed by atoms with Crippen molar-refractivity contribution in [1.29, 1.82) is 0 Å². The van der Waals surface area contributed by atoms with Gasteiger partial charge in [0.05, 0.1) is 38.7 Å². The van der Waals surface area contributed by atoms with E-state index in [-0.39, 0.29) is 23.4 Å². The van der Waals surface area contributed by atoms with Gasteiger partial charge in [-0.1, -0.05) is 36.9 Å². The van der Waals surface area contributed by atoms with E-state index in [0.717, 1.165) is 42.4 Å². The molecule has 1 unspecified atom stereocenters. The molecule has 192 valence electrons. The highest BCUT2D eigenvalue weighted by Gasteiger charge is 2.39. The SMILES string of the molecule is O=C(Nc1cccc2c1C(=O)N(CC(O)CN1CCN(C3CCCCC3)CC1)C2=O)c1ccc(Cl)s1. The molecule has 1 atom stereocenters. The Labute approximate surface area is 219 Å². The van der Waals surface area contributed by atoms with E-state index in [0.29, 0.717) is 21.8 Å². The number of fused-ring (bicyclic) bond motifs is 1. The number of carbonyl (C=O) groups excluding carboxylic acids is 3. The molecular weight excluding hydrogens is 500 g/mol. The molecule has 5 rings (SSSR count). The van der Waals surface area contributed by atoms with Gasteiger partial charge in [0.25, 0.3) is 17.7 Å². The van der Waals surface area contributed by atoms with E-state index in [1.165, 1.54) is 32.1 Å². The lowest BCUT2D eigenvalue weighted by atomic mass is 9.94. The smallest absolute Gasteiger partial charge is 0.265 e. The first-order valence-corrected chi connectivity index (χ1v) is 13.8. The van der Waals surface area contributed by atoms with Crippen LogP contribution < -0.4 is 5.32 Å². The standard InChI is InChI=1S/C26H31ClN4O4S/c27-22-10-9-21(36-22)24(33)28-20-8-4-7-19-23(20)26(35)31(25(19)34)16-18(32)15-29-11-13-30(14-12-29)17-5-2-1-3-6-17/h4,7-10,17-18,32H,1-3,5-6,11-16H2,(H,28,33). The molecule has 2 aliphatic heterocycles. The molecule has 36 heavy (non-hydrogen) atoms. The second-order valence-corrected chi connectivity index (χ2v) is 11.5. The van der Waals surface area contributed by atoms with Crippen LogP contribution in [0.3, 0.4) is 0 Å². The quantitative estimate of drug-likeness (QED) is 0.532. The van der Waals surface area contributed by atoms with Crippen molar-refractivity contribution in [2.75, 3.05) is 44.6 Å². The lowest BCUT2D eigenvalue weighted by Crippen LogP contribution is -2.53. The van der Waals surface area contributed by atoms with Crippen molar-refractivity contribution in [2.24, 2.45) is 0 Å². The van der Waals surface area contributed by atoms with Crippen LogP contribution in [-0.4, -0.2) is 88.9 Å². The largest absolute Gasteiger partial charge is 0.390 e. The molecular formula is C26H31ClN4O4S. The number of piperazine rings is 1. The predicted octanol–water partition coefficient (Wildman–Crippen LogP) is 3.56. The minimum atomic E-state index is -0.847. The number of hydrogen-bond donors (Lipinski definition) is 2. The first-order chi connectivity index (χ1) is 17.4. The van der Waals surface area contributed by atoms with Crippen LogP contribution in [0.25, 0.3) is 0 Å². The fourth-order valence-corrected chi connectivity index (χ4v) is 6.49. The van der Waals surface area contributed by atoms with Gasteiger partial charge in [0, 0.05) is 38.8 Å². The van der Waals surface area contributed by atoms with E-state index in [1.807, 2.05) is 0 Å². The number of hydrogen-bond acceptors (Lipinski definition) is 7. The Balaban J connectivity index is 1.18. The van der Waals surface area contributed by atoms with E-state index in [2.05, 4.69) is 15.1 Å². The van der Waals surface area contributed by atoms with Crippen LogP contribution in [0, 0.1) is 0 Å². The average molecular weight is 531 g/mol. The zero-order chi connectivity index (χ0) is 25.2. The summed E-state index contributed by atoms with van der Waals surface area (Å²) in [4.78, 5) is 45.1. The highest BCUT2D eigenvalue weighted by molar-refractivity contribution is 7.18. The molecule has 1 aliphatic carbocycles. The summed E-state index contributed by atoms with van der Waals surface area (Å²) in [7, 11) is 0. The zero-order valence-corrected chi connectivity index (χ0v) is 21.7. The van der Waals surface area contributed by atoms with Crippen LogP contribution in [0.5, 0.6) is 0 Å². The van der Waals surface area contributed by atoms with E-state index < -0.39 is 23.8 Å². The minimum absolute atomic E-state index is 0.0803. The molecule has 0 spiro atoms. The maximum absolute atomic E-state index is 13.2. The fraction of sp³-hybridized carbons (Fsp3) is 0.500. The van der Waals surface area contributed by atoms with Crippen molar-refractivity contribution >= 4 is 46.3 Å². The highest BCUT2D eigenvalue weighted by atomic mass is 35.5. The van der Waals surface area contributed by atoms with E-state index in [1.54, 1.807) is 30.3 Å². The van der Waals surface area contributed by atoms with Crippen LogP contribution in [0.2, 0.25) is 4.34 Å². The third kappa shape index (κ3) is 5.35. The van der Waals surface area contributed by atoms with Gasteiger partial charge < -0.3 is 10.4 Å². The van der Waals surface area contributed by atoms with Crippen LogP contribution in [0.1, 0.15) is 62.5 Å². The zero-order valence-electron chi connectivity index (χ0n) is 20.1. The van der Waals surface area contributed by atoms with Gasteiger partial charge in [-0.05, 0) is 37.1 Å². The molecule has 3 aliphatic rings. The Morgan fingerprint density at radius 1 is 1.03 bits per heavy atom. The van der Waals surface area contributed by atoms with Crippen molar-refractivity contribution in [3.8, 4) is 0 Å². The highest BCUT2D eigenvalue weighted by Crippen LogP contribution is 2.31. The Kier molecular flexibility index (Phi) is 7.73. The number of benzene rings is 1. The topological polar surface area (TPSA) is 93.2 Å². The number of aliphatic hydroxyl groups is 1. The van der Waals surface area contributed by atoms with Crippen LogP contribution in [0.15, 0.2) is 30.3 Å². The summed E-state index contributed by atoms with van der Waals surface area (Å²) in [5.74, 6) is -1.35. The first-order valence-electron chi connectivity index (χ1n) is 12.6. The van der Waals surface area contributed by atoms with Crippen molar-refractivity contribution in [2.45, 2.75) is 44.2 Å². The van der Waals surface area contributed by atoms with Crippen molar-refractivity contribution in [3.05, 3.63) is 50.7 Å². The number of aliphatic hydroxyl groups excluding tert-OH is 1. The van der Waals surface area contributed by atoms with Crippen molar-refractivity contribution in [3.63, 3.8) is 0 Å². The molecule has 10 heteroatoms. The molecule has 3 heterocycles. The molecule has 8 nitrogen and oxygen atoms in total. The van der Waals surface area contributed by atoms with Gasteiger partial charge in [-0.25, -0.2) is 0 Å². The Hall–Kier alpha value is -2.30. The van der Waals surface area contributed by atoms with Crippen LogP contribution >= 0.6 is 22.9 Å². The van der Waals surface area contributed by atoms with Crippen molar-refractivity contribution in [1.82, 2.24) is 14.7 Å². The Morgan fingerprint density at radius 3 is 2.47 bits per heavy atom. The first kappa shape index (κ1) is 25.4. The lowest BCUT2D eigenvalue weighted by Gasteiger charge is -2.41. The number of imide groups is 1. The number of rotatable bonds is 7. The third-order valence-corrected chi connectivity index (χ3v) is 8.63. The molecule has 1 saturated heterocycles. The molecule has 1 aromatic carbocycles. The molecule has 3 amide bonds. The van der Waals surface area contributed by atoms with Gasteiger partial charge in [0.2, 0.25) is 0 Å². The monoisotopic (exact) mass is 530 g/mol. The average Bonchev–Trinajstić information content (AvgIpc) is 3.43. The summed E-state index contributed by atoms with van der Waals surface area (Å²) in [6.45, 7) is 4.06. The van der Waals surface area contributed by atoms with Gasteiger partial charge in [-0.2, -0.15) is 0 Å². The Morgan fingerprint density at radius 2 is 1.78 bits per heavy atom. The second-order valence-electron chi connectivity index (χ2n) is 9.79. The van der Waals surface area contributed by atoms with Crippen LogP contribution in [0.4, 0.5) is 5.69 Å². The summed E-state index contributed by atoms with van der Waals surface area (Å²) < 4.78 is 0.486. The number of nitrogens with one attached hydrogen (secondary N) is 1. The van der Waals surface area contributed by atoms with Gasteiger partial charge in [-0.15, -0.1) is 11.3 Å². The second kappa shape index (κ2) is 11.0. The maximum Gasteiger partial charge on any atom is 0.265 e. The van der Waals surface area contributed by atoms with Gasteiger partial charge in [0.15, 0.2) is 0 Å². The lowest BCUT2D eigenvalue weighted by molar-refractivity contribution is 0.0313. The summed E-state index contributed by atoms with van der Waals surface area (Å²) in [6.07, 6.45) is 5.70. The number of carbonyl (C=O) groups is 3. The number of nitrogens with zero attached hydrogens (tertiary/aromatic N) is 3. The number of halogens is 1. The number of β-amino-alcohol motifs (C(OH)–C–C–N with tert-alkyl or cyclic N) is 1. The molecule has 2 N–H and O–H groups in total. The van der Waals surface area contributed by atoms with Gasteiger partial charge in [-0.3, -0.25) is 29.1 Å². The number of anilines is 1. The molecule has 1 aromatic heterocycles. The molecule has 2 aromatic rings. The molecule has 0 radical (unpaired) electrons. The van der Waals surface area contributed by atoms with E-state index >= 15 is 0 Å². The minimum Gasteiger partial charge on any atom is -0.390 e. The molecule has 0 bridgehead atoms. The summed E-state index contributed by atoms with van der Waals surface area (Å²) in [5, 5.41) is 13.5. The maximum atomic E-state index is 13.2. The van der Waals surface area contributed by atoms with Crippen LogP contribution in [-0.2, 0) is 0 Å². The molecule has 1 saturated carbocycles. The normalized spacial score (nSPS) is 20.6. The number of thiophene rings is 1. The molecule has 2 fully saturated rings. The van der Waals surface area contributed by atoms with Crippen molar-refractivity contribution < 1.29 is 19.5 Å². The summed E-state index contributed by atoms with van der Waals surface area (Å²) >= 11 is 7.06. The summed E-state index contributed by atoms with van der Waals surface area (Å²) in [6, 6.07) is 8.73. The van der Waals surface area contributed by atoms with Gasteiger partial charge in [0.1, 0.15) is 0 Å². The van der Waals surface area contributed by atoms with E-state index in [9.17, 15) is 19.5 Å².